The second-order valence-electron chi connectivity index (χ2n) is 6.94. The van der Waals surface area contributed by atoms with Crippen LogP contribution in [-0.2, 0) is 0 Å². The minimum atomic E-state index is 0.326. The van der Waals surface area contributed by atoms with E-state index in [2.05, 4.69) is 37.9 Å². The Bertz CT molecular complexity index is 270. The maximum Gasteiger partial charge on any atom is 0.0337 e. The first-order chi connectivity index (χ1) is 8.55. The highest BCUT2D eigenvalue weighted by molar-refractivity contribution is 5.05. The Kier molecular flexibility index (Phi) is 4.38. The van der Waals surface area contributed by atoms with Crippen LogP contribution in [0.5, 0.6) is 0 Å². The lowest BCUT2D eigenvalue weighted by atomic mass is 9.75. The molecule has 2 unspecified atom stereocenters. The molecule has 0 aromatic heterocycles. The van der Waals surface area contributed by atoms with Crippen LogP contribution < -0.4 is 5.32 Å². The van der Waals surface area contributed by atoms with Crippen molar-refractivity contribution in [3.63, 3.8) is 0 Å². The number of piperazine rings is 1. The van der Waals surface area contributed by atoms with Gasteiger partial charge < -0.3 is 5.32 Å². The fraction of sp³-hybridized carbons (Fsp3) is 1.00. The van der Waals surface area contributed by atoms with E-state index in [1.165, 1.54) is 58.0 Å². The number of hydrogen-bond donors (Lipinski definition) is 1. The first-order valence-corrected chi connectivity index (χ1v) is 8.07. The monoisotopic (exact) mass is 252 g/mol. The van der Waals surface area contributed by atoms with Crippen molar-refractivity contribution in [2.75, 3.05) is 13.1 Å². The number of hydrogen-bond acceptors (Lipinski definition) is 2. The van der Waals surface area contributed by atoms with Gasteiger partial charge in [-0.2, -0.15) is 0 Å². The SMILES string of the molecule is CCC(C)N1CC(C)(CC)NCC12CCCCC2. The third kappa shape index (κ3) is 2.60. The minimum absolute atomic E-state index is 0.326. The van der Waals surface area contributed by atoms with E-state index in [1.54, 1.807) is 0 Å². The van der Waals surface area contributed by atoms with Crippen LogP contribution in [0.15, 0.2) is 0 Å². The molecule has 1 saturated carbocycles. The Morgan fingerprint density at radius 3 is 2.39 bits per heavy atom. The summed E-state index contributed by atoms with van der Waals surface area (Å²) >= 11 is 0. The quantitative estimate of drug-likeness (QED) is 0.826. The van der Waals surface area contributed by atoms with Crippen molar-refractivity contribution in [1.29, 1.82) is 0 Å². The van der Waals surface area contributed by atoms with E-state index in [-0.39, 0.29) is 0 Å². The van der Waals surface area contributed by atoms with Crippen molar-refractivity contribution in [1.82, 2.24) is 10.2 Å². The Morgan fingerprint density at radius 2 is 1.83 bits per heavy atom. The molecule has 1 heterocycles. The predicted molar refractivity (Wildman–Crippen MR) is 79.0 cm³/mol. The predicted octanol–water partition coefficient (Wildman–Crippen LogP) is 3.56. The summed E-state index contributed by atoms with van der Waals surface area (Å²) < 4.78 is 0. The molecule has 2 fully saturated rings. The molecule has 1 saturated heterocycles. The third-order valence-electron chi connectivity index (χ3n) is 5.66. The topological polar surface area (TPSA) is 15.3 Å². The average molecular weight is 252 g/mol. The van der Waals surface area contributed by atoms with Gasteiger partial charge in [0.1, 0.15) is 0 Å². The molecule has 0 radical (unpaired) electrons. The number of nitrogens with zero attached hydrogens (tertiary/aromatic N) is 1. The minimum Gasteiger partial charge on any atom is -0.308 e. The molecule has 0 bridgehead atoms. The van der Waals surface area contributed by atoms with Crippen LogP contribution in [-0.4, -0.2) is 35.1 Å². The van der Waals surface area contributed by atoms with Gasteiger partial charge in [0.25, 0.3) is 0 Å². The molecule has 2 rings (SSSR count). The fourth-order valence-electron chi connectivity index (χ4n) is 3.83. The first-order valence-electron chi connectivity index (χ1n) is 8.07. The first kappa shape index (κ1) is 14.3. The average Bonchev–Trinajstić information content (AvgIpc) is 2.42. The van der Waals surface area contributed by atoms with Crippen molar-refractivity contribution in [2.45, 2.75) is 89.8 Å². The van der Waals surface area contributed by atoms with Crippen molar-refractivity contribution in [3.8, 4) is 0 Å². The van der Waals surface area contributed by atoms with E-state index >= 15 is 0 Å². The standard InChI is InChI=1S/C16H32N2/c1-5-14(3)18-13-15(4,6-2)17-12-16(18)10-8-7-9-11-16/h14,17H,5-13H2,1-4H3. The summed E-state index contributed by atoms with van der Waals surface area (Å²) in [5.74, 6) is 0. The van der Waals surface area contributed by atoms with Crippen LogP contribution in [0.1, 0.15) is 72.6 Å². The lowest BCUT2D eigenvalue weighted by molar-refractivity contribution is -0.0413. The van der Waals surface area contributed by atoms with Gasteiger partial charge in [-0.15, -0.1) is 0 Å². The van der Waals surface area contributed by atoms with Gasteiger partial charge in [0.2, 0.25) is 0 Å². The van der Waals surface area contributed by atoms with E-state index in [1.807, 2.05) is 0 Å². The zero-order chi connectivity index (χ0) is 13.2. The Morgan fingerprint density at radius 1 is 1.17 bits per heavy atom. The molecule has 1 N–H and O–H groups in total. The van der Waals surface area contributed by atoms with Crippen LogP contribution in [0.2, 0.25) is 0 Å². The van der Waals surface area contributed by atoms with Gasteiger partial charge in [0.15, 0.2) is 0 Å². The van der Waals surface area contributed by atoms with Gasteiger partial charge in [-0.25, -0.2) is 0 Å². The highest BCUT2D eigenvalue weighted by atomic mass is 15.3. The van der Waals surface area contributed by atoms with E-state index in [4.69, 9.17) is 0 Å². The molecule has 106 valence electrons. The normalized spacial score (nSPS) is 34.7. The molecule has 1 aliphatic heterocycles. The summed E-state index contributed by atoms with van der Waals surface area (Å²) in [7, 11) is 0. The Hall–Kier alpha value is -0.0800. The summed E-state index contributed by atoms with van der Waals surface area (Å²) in [6.45, 7) is 11.9. The summed E-state index contributed by atoms with van der Waals surface area (Å²) in [6.07, 6.45) is 9.63. The molecule has 18 heavy (non-hydrogen) atoms. The van der Waals surface area contributed by atoms with Crippen LogP contribution in [0.3, 0.4) is 0 Å². The Balaban J connectivity index is 2.18. The van der Waals surface area contributed by atoms with Gasteiger partial charge in [0, 0.05) is 30.2 Å². The third-order valence-corrected chi connectivity index (χ3v) is 5.66. The van der Waals surface area contributed by atoms with Crippen LogP contribution >= 0.6 is 0 Å². The maximum atomic E-state index is 3.87. The molecule has 2 aliphatic rings. The van der Waals surface area contributed by atoms with E-state index < -0.39 is 0 Å². The number of nitrogens with one attached hydrogen (secondary N) is 1. The highest BCUT2D eigenvalue weighted by Gasteiger charge is 2.46. The van der Waals surface area contributed by atoms with Crippen molar-refractivity contribution in [3.05, 3.63) is 0 Å². The molecule has 0 aromatic rings. The fourth-order valence-corrected chi connectivity index (χ4v) is 3.83. The largest absolute Gasteiger partial charge is 0.308 e. The lowest BCUT2D eigenvalue weighted by Crippen LogP contribution is -2.71. The summed E-state index contributed by atoms with van der Waals surface area (Å²) in [4.78, 5) is 2.87. The van der Waals surface area contributed by atoms with Crippen LogP contribution in [0, 0.1) is 0 Å². The Labute approximate surface area is 114 Å². The van der Waals surface area contributed by atoms with Crippen LogP contribution in [0.4, 0.5) is 0 Å². The number of rotatable bonds is 3. The molecule has 2 atom stereocenters. The molecule has 1 aliphatic carbocycles. The smallest absolute Gasteiger partial charge is 0.0337 e. The van der Waals surface area contributed by atoms with Crippen molar-refractivity contribution < 1.29 is 0 Å². The summed E-state index contributed by atoms with van der Waals surface area (Å²) in [6, 6.07) is 0.732. The zero-order valence-electron chi connectivity index (χ0n) is 12.9. The highest BCUT2D eigenvalue weighted by Crippen LogP contribution is 2.39. The van der Waals surface area contributed by atoms with Gasteiger partial charge in [-0.1, -0.05) is 33.1 Å². The van der Waals surface area contributed by atoms with Crippen LogP contribution in [0.25, 0.3) is 0 Å². The molecule has 0 aromatic carbocycles. The molecule has 1 spiro atoms. The summed E-state index contributed by atoms with van der Waals surface area (Å²) in [5.41, 5.74) is 0.800. The molecule has 0 amide bonds. The maximum absolute atomic E-state index is 3.87. The molecular weight excluding hydrogens is 220 g/mol. The lowest BCUT2D eigenvalue weighted by Gasteiger charge is -2.57. The summed E-state index contributed by atoms with van der Waals surface area (Å²) in [5, 5.41) is 3.87. The van der Waals surface area contributed by atoms with Gasteiger partial charge in [0.05, 0.1) is 0 Å². The molecular formula is C16H32N2. The van der Waals surface area contributed by atoms with Crippen molar-refractivity contribution in [2.24, 2.45) is 0 Å². The van der Waals surface area contributed by atoms with E-state index in [9.17, 15) is 0 Å². The molecule has 2 nitrogen and oxygen atoms in total. The van der Waals surface area contributed by atoms with E-state index in [0.717, 1.165) is 6.04 Å². The second kappa shape index (κ2) is 5.50. The molecule has 2 heteroatoms. The van der Waals surface area contributed by atoms with Gasteiger partial charge in [-0.05, 0) is 39.5 Å². The van der Waals surface area contributed by atoms with Gasteiger partial charge >= 0.3 is 0 Å². The second-order valence-corrected chi connectivity index (χ2v) is 6.94. The van der Waals surface area contributed by atoms with Crippen molar-refractivity contribution >= 4 is 0 Å². The van der Waals surface area contributed by atoms with Gasteiger partial charge in [-0.3, -0.25) is 4.90 Å². The van der Waals surface area contributed by atoms with E-state index in [0.29, 0.717) is 11.1 Å². The zero-order valence-corrected chi connectivity index (χ0v) is 12.9.